The third kappa shape index (κ3) is 4.42. The van der Waals surface area contributed by atoms with Crippen molar-refractivity contribution in [1.29, 1.82) is 0 Å². The molecule has 8 heteroatoms. The topological polar surface area (TPSA) is 90.0 Å². The number of sulfonamides is 1. The molecule has 7 nitrogen and oxygen atoms in total. The minimum atomic E-state index is -3.59. The number of carbonyl (C=O) groups is 2. The van der Waals surface area contributed by atoms with Gasteiger partial charge in [0.1, 0.15) is 0 Å². The van der Waals surface area contributed by atoms with Gasteiger partial charge >= 0.3 is 11.9 Å². The highest BCUT2D eigenvalue weighted by Gasteiger charge is 2.34. The second kappa shape index (κ2) is 8.18. The SMILES string of the molecule is COC(=O)[C@@H](C)OC(=O)C1CCN(S(=O)(=O)c2ccc(C)cc2C)CC1. The average molecular weight is 383 g/mol. The van der Waals surface area contributed by atoms with Crippen LogP contribution in [0.25, 0.3) is 0 Å². The Morgan fingerprint density at radius 3 is 2.35 bits per heavy atom. The maximum atomic E-state index is 12.9. The van der Waals surface area contributed by atoms with Crippen molar-refractivity contribution in [3.05, 3.63) is 29.3 Å². The molecule has 1 aromatic rings. The molecule has 144 valence electrons. The zero-order valence-corrected chi connectivity index (χ0v) is 16.3. The smallest absolute Gasteiger partial charge is 0.346 e. The van der Waals surface area contributed by atoms with Gasteiger partial charge < -0.3 is 9.47 Å². The first-order valence-electron chi connectivity index (χ1n) is 8.52. The van der Waals surface area contributed by atoms with E-state index in [0.29, 0.717) is 23.3 Å². The van der Waals surface area contributed by atoms with Gasteiger partial charge in [0.2, 0.25) is 10.0 Å². The van der Waals surface area contributed by atoms with Gasteiger partial charge in [-0.15, -0.1) is 0 Å². The summed E-state index contributed by atoms with van der Waals surface area (Å²) in [6, 6.07) is 5.24. The summed E-state index contributed by atoms with van der Waals surface area (Å²) < 4.78 is 36.7. The van der Waals surface area contributed by atoms with Crippen molar-refractivity contribution < 1.29 is 27.5 Å². The van der Waals surface area contributed by atoms with Crippen molar-refractivity contribution in [3.63, 3.8) is 0 Å². The molecule has 0 unspecified atom stereocenters. The number of rotatable bonds is 5. The van der Waals surface area contributed by atoms with E-state index in [-0.39, 0.29) is 13.1 Å². The van der Waals surface area contributed by atoms with E-state index in [1.54, 1.807) is 19.1 Å². The monoisotopic (exact) mass is 383 g/mol. The van der Waals surface area contributed by atoms with Crippen LogP contribution in [0.1, 0.15) is 30.9 Å². The molecule has 26 heavy (non-hydrogen) atoms. The number of esters is 2. The summed E-state index contributed by atoms with van der Waals surface area (Å²) in [4.78, 5) is 23.8. The lowest BCUT2D eigenvalue weighted by atomic mass is 9.98. The fourth-order valence-corrected chi connectivity index (χ4v) is 4.72. The minimum absolute atomic E-state index is 0.238. The van der Waals surface area contributed by atoms with Crippen molar-refractivity contribution in [2.24, 2.45) is 5.92 Å². The van der Waals surface area contributed by atoms with Crippen LogP contribution in [0.3, 0.4) is 0 Å². The van der Waals surface area contributed by atoms with Crippen molar-refractivity contribution in [3.8, 4) is 0 Å². The third-order valence-corrected chi connectivity index (χ3v) is 6.62. The lowest BCUT2D eigenvalue weighted by Gasteiger charge is -2.30. The quantitative estimate of drug-likeness (QED) is 0.721. The van der Waals surface area contributed by atoms with Gasteiger partial charge in [0.05, 0.1) is 17.9 Å². The van der Waals surface area contributed by atoms with Crippen molar-refractivity contribution in [2.75, 3.05) is 20.2 Å². The van der Waals surface area contributed by atoms with Gasteiger partial charge in [-0.2, -0.15) is 4.31 Å². The molecule has 1 aliphatic heterocycles. The van der Waals surface area contributed by atoms with Crippen LogP contribution >= 0.6 is 0 Å². The maximum Gasteiger partial charge on any atom is 0.346 e. The van der Waals surface area contributed by atoms with E-state index in [1.165, 1.54) is 18.3 Å². The Hall–Kier alpha value is -1.93. The molecule has 0 aromatic heterocycles. The van der Waals surface area contributed by atoms with Crippen LogP contribution in [0.4, 0.5) is 0 Å². The highest BCUT2D eigenvalue weighted by Crippen LogP contribution is 2.27. The Balaban J connectivity index is 2.01. The van der Waals surface area contributed by atoms with Gasteiger partial charge in [-0.3, -0.25) is 4.79 Å². The van der Waals surface area contributed by atoms with Crippen LogP contribution in [0, 0.1) is 19.8 Å². The molecule has 0 amide bonds. The number of ether oxygens (including phenoxy) is 2. The fraction of sp³-hybridized carbons (Fsp3) is 0.556. The number of nitrogens with zero attached hydrogens (tertiary/aromatic N) is 1. The molecule has 1 heterocycles. The molecule has 0 aliphatic carbocycles. The summed E-state index contributed by atoms with van der Waals surface area (Å²) in [6.07, 6.45) is -0.252. The summed E-state index contributed by atoms with van der Waals surface area (Å²) >= 11 is 0. The van der Waals surface area contributed by atoms with Crippen molar-refractivity contribution in [1.82, 2.24) is 4.31 Å². The van der Waals surface area contributed by atoms with Gasteiger partial charge in [0.25, 0.3) is 0 Å². The summed E-state index contributed by atoms with van der Waals surface area (Å²) in [5.41, 5.74) is 1.71. The highest BCUT2D eigenvalue weighted by atomic mass is 32.2. The molecule has 1 saturated heterocycles. The molecule has 1 aliphatic rings. The maximum absolute atomic E-state index is 12.9. The Labute approximate surface area is 154 Å². The molecule has 2 rings (SSSR count). The first kappa shape index (κ1) is 20.4. The van der Waals surface area contributed by atoms with Crippen LogP contribution in [0.15, 0.2) is 23.1 Å². The van der Waals surface area contributed by atoms with Crippen LogP contribution < -0.4 is 0 Å². The number of hydrogen-bond acceptors (Lipinski definition) is 6. The Kier molecular flexibility index (Phi) is 6.41. The zero-order valence-electron chi connectivity index (χ0n) is 15.5. The van der Waals surface area contributed by atoms with Gasteiger partial charge in [-0.1, -0.05) is 17.7 Å². The Morgan fingerprint density at radius 1 is 1.19 bits per heavy atom. The number of carbonyl (C=O) groups excluding carboxylic acids is 2. The zero-order chi connectivity index (χ0) is 19.5. The summed E-state index contributed by atoms with van der Waals surface area (Å²) in [7, 11) is -2.37. The molecule has 0 spiro atoms. The molecule has 1 atom stereocenters. The van der Waals surface area contributed by atoms with Crippen LogP contribution in [0.5, 0.6) is 0 Å². The van der Waals surface area contributed by atoms with Gasteiger partial charge in [0.15, 0.2) is 6.10 Å². The third-order valence-electron chi connectivity index (χ3n) is 4.56. The molecule has 0 saturated carbocycles. The van der Waals surface area contributed by atoms with E-state index < -0.39 is 34.0 Å². The lowest BCUT2D eigenvalue weighted by molar-refractivity contribution is -0.168. The molecular weight excluding hydrogens is 358 g/mol. The fourth-order valence-electron chi connectivity index (χ4n) is 3.04. The molecule has 0 bridgehead atoms. The van der Waals surface area contributed by atoms with Gasteiger partial charge in [-0.05, 0) is 45.2 Å². The van der Waals surface area contributed by atoms with Crippen LogP contribution in [0.2, 0.25) is 0 Å². The molecular formula is C18H25NO6S. The van der Waals surface area contributed by atoms with E-state index in [4.69, 9.17) is 4.74 Å². The number of hydrogen-bond donors (Lipinski definition) is 0. The molecule has 1 fully saturated rings. The summed E-state index contributed by atoms with van der Waals surface area (Å²) in [5.74, 6) is -1.53. The van der Waals surface area contributed by atoms with Gasteiger partial charge in [-0.25, -0.2) is 13.2 Å². The van der Waals surface area contributed by atoms with Crippen molar-refractivity contribution >= 4 is 22.0 Å². The second-order valence-corrected chi connectivity index (χ2v) is 8.46. The molecule has 1 aromatic carbocycles. The van der Waals surface area contributed by atoms with E-state index in [2.05, 4.69) is 4.74 Å². The van der Waals surface area contributed by atoms with Crippen molar-refractivity contribution in [2.45, 2.75) is 44.6 Å². The second-order valence-electron chi connectivity index (χ2n) is 6.55. The Bertz CT molecular complexity index is 781. The largest absolute Gasteiger partial charge is 0.466 e. The van der Waals surface area contributed by atoms with Gasteiger partial charge in [0, 0.05) is 13.1 Å². The predicted molar refractivity (Wildman–Crippen MR) is 95.0 cm³/mol. The highest BCUT2D eigenvalue weighted by molar-refractivity contribution is 7.89. The van der Waals surface area contributed by atoms with Crippen LogP contribution in [-0.2, 0) is 29.1 Å². The number of benzene rings is 1. The van der Waals surface area contributed by atoms with E-state index >= 15 is 0 Å². The average Bonchev–Trinajstić information content (AvgIpc) is 2.60. The number of aryl methyl sites for hydroxylation is 2. The lowest BCUT2D eigenvalue weighted by Crippen LogP contribution is -2.41. The summed E-state index contributed by atoms with van der Waals surface area (Å²) in [6.45, 7) is 5.61. The van der Waals surface area contributed by atoms with E-state index in [0.717, 1.165) is 5.56 Å². The van der Waals surface area contributed by atoms with Crippen LogP contribution in [-0.4, -0.2) is 51.0 Å². The predicted octanol–water partition coefficient (Wildman–Crippen LogP) is 1.81. The normalized spacial score (nSPS) is 17.5. The minimum Gasteiger partial charge on any atom is -0.466 e. The number of piperidine rings is 1. The Morgan fingerprint density at radius 2 is 1.81 bits per heavy atom. The first-order valence-corrected chi connectivity index (χ1v) is 9.96. The van der Waals surface area contributed by atoms with E-state index in [1.807, 2.05) is 13.0 Å². The first-order chi connectivity index (χ1) is 12.2. The number of methoxy groups -OCH3 is 1. The molecule has 0 radical (unpaired) electrons. The standard InChI is InChI=1S/C18H25NO6S/c1-12-5-6-16(13(2)11-12)26(22,23)19-9-7-15(8-10-19)18(21)25-14(3)17(20)24-4/h5-6,11,14-15H,7-10H2,1-4H3/t14-/m1/s1. The van der Waals surface area contributed by atoms with E-state index in [9.17, 15) is 18.0 Å². The summed E-state index contributed by atoms with van der Waals surface area (Å²) in [5, 5.41) is 0. The molecule has 0 N–H and O–H groups in total.